The number of imidazole rings is 1. The second-order valence-corrected chi connectivity index (χ2v) is 5.57. The van der Waals surface area contributed by atoms with E-state index >= 15 is 0 Å². The molecule has 2 aliphatic rings. The number of nitrogens with one attached hydrogen (secondary N) is 1. The molecule has 7 nitrogen and oxygen atoms in total. The molecule has 7 heteroatoms. The van der Waals surface area contributed by atoms with Gasteiger partial charge in [-0.3, -0.25) is 9.59 Å². The van der Waals surface area contributed by atoms with Gasteiger partial charge in [0.15, 0.2) is 0 Å². The van der Waals surface area contributed by atoms with Gasteiger partial charge >= 0.3 is 0 Å². The van der Waals surface area contributed by atoms with E-state index in [2.05, 4.69) is 20.0 Å². The minimum Gasteiger partial charge on any atom is -0.351 e. The van der Waals surface area contributed by atoms with Crippen LogP contribution in [0.5, 0.6) is 0 Å². The lowest BCUT2D eigenvalue weighted by atomic mass is 9.97. The van der Waals surface area contributed by atoms with Crippen molar-refractivity contribution in [3.63, 3.8) is 0 Å². The fourth-order valence-electron chi connectivity index (χ4n) is 2.76. The van der Waals surface area contributed by atoms with Gasteiger partial charge in [0.25, 0.3) is 5.91 Å². The van der Waals surface area contributed by atoms with E-state index in [9.17, 15) is 9.59 Å². The highest BCUT2D eigenvalue weighted by Gasteiger charge is 2.24. The maximum atomic E-state index is 12.1. The molecule has 1 atom stereocenters. The van der Waals surface area contributed by atoms with Gasteiger partial charge in [-0.15, -0.1) is 0 Å². The van der Waals surface area contributed by atoms with Gasteiger partial charge in [-0.25, -0.2) is 9.99 Å². The van der Waals surface area contributed by atoms with Crippen LogP contribution in [0.1, 0.15) is 25.1 Å². The van der Waals surface area contributed by atoms with Crippen molar-refractivity contribution in [2.75, 3.05) is 13.6 Å². The van der Waals surface area contributed by atoms with Crippen LogP contribution in [0.4, 0.5) is 0 Å². The third kappa shape index (κ3) is 2.96. The molecular weight excluding hydrogens is 270 g/mol. The minimum absolute atomic E-state index is 0.0503. The maximum Gasteiger partial charge on any atom is 0.267 e. The van der Waals surface area contributed by atoms with Gasteiger partial charge in [-0.2, -0.15) is 5.10 Å². The molecule has 0 saturated carbocycles. The number of aryl methyl sites for hydroxylation is 1. The highest BCUT2D eigenvalue weighted by molar-refractivity contribution is 6.39. The van der Waals surface area contributed by atoms with Crippen molar-refractivity contribution in [3.8, 4) is 0 Å². The zero-order valence-electron chi connectivity index (χ0n) is 12.1. The molecular formula is C14H19N5O2. The Balaban J connectivity index is 1.53. The zero-order valence-corrected chi connectivity index (χ0v) is 12.1. The smallest absolute Gasteiger partial charge is 0.267 e. The zero-order chi connectivity index (χ0) is 14.8. The average Bonchev–Trinajstić information content (AvgIpc) is 2.95. The summed E-state index contributed by atoms with van der Waals surface area (Å²) < 4.78 is 2.16. The summed E-state index contributed by atoms with van der Waals surface area (Å²) in [5.74, 6) is 1.28. The first-order chi connectivity index (χ1) is 10.1. The van der Waals surface area contributed by atoms with E-state index in [1.807, 2.05) is 12.4 Å². The van der Waals surface area contributed by atoms with Crippen LogP contribution in [-0.2, 0) is 22.6 Å². The topological polar surface area (TPSA) is 79.6 Å². The molecule has 21 heavy (non-hydrogen) atoms. The second-order valence-electron chi connectivity index (χ2n) is 5.57. The average molecular weight is 289 g/mol. The maximum absolute atomic E-state index is 12.1. The molecule has 1 aromatic rings. The third-order valence-electron chi connectivity index (χ3n) is 4.07. The van der Waals surface area contributed by atoms with Gasteiger partial charge in [0.05, 0.1) is 0 Å². The number of carbonyl (C=O) groups excluding carboxylic acids is 2. The van der Waals surface area contributed by atoms with Crippen molar-refractivity contribution in [3.05, 3.63) is 18.2 Å². The summed E-state index contributed by atoms with van der Waals surface area (Å²) in [7, 11) is 1.58. The molecule has 0 bridgehead atoms. The summed E-state index contributed by atoms with van der Waals surface area (Å²) in [6.45, 7) is 1.58. The molecule has 1 N–H and O–H groups in total. The lowest BCUT2D eigenvalue weighted by Crippen LogP contribution is -2.40. The van der Waals surface area contributed by atoms with Crippen molar-refractivity contribution in [1.29, 1.82) is 0 Å². The van der Waals surface area contributed by atoms with Gasteiger partial charge in [0.2, 0.25) is 5.91 Å². The molecule has 3 rings (SSSR count). The summed E-state index contributed by atoms with van der Waals surface area (Å²) in [6, 6.07) is 0. The van der Waals surface area contributed by atoms with Crippen LogP contribution in [0.15, 0.2) is 17.5 Å². The van der Waals surface area contributed by atoms with Crippen LogP contribution >= 0.6 is 0 Å². The molecule has 2 aliphatic heterocycles. The van der Waals surface area contributed by atoms with Gasteiger partial charge in [0.1, 0.15) is 11.5 Å². The standard InChI is InChI=1S/C14H19N5O2/c1-18-13(20)3-2-11(17-18)14(21)16-9-10-4-6-19-7-5-15-12(19)8-10/h5,7,10H,2-4,6,8-9H2,1H3,(H,16,21)/t10-/m0/s1. The Labute approximate surface area is 123 Å². The van der Waals surface area contributed by atoms with E-state index in [0.717, 1.165) is 25.2 Å². The Bertz CT molecular complexity index is 592. The quantitative estimate of drug-likeness (QED) is 0.861. The van der Waals surface area contributed by atoms with Gasteiger partial charge in [0, 0.05) is 51.8 Å². The molecule has 0 aromatic carbocycles. The molecule has 112 valence electrons. The Hall–Kier alpha value is -2.18. The Morgan fingerprint density at radius 2 is 2.33 bits per heavy atom. The first-order valence-corrected chi connectivity index (χ1v) is 7.25. The van der Waals surface area contributed by atoms with Crippen molar-refractivity contribution in [2.24, 2.45) is 11.0 Å². The normalized spacial score (nSPS) is 21.8. The fraction of sp³-hybridized carbons (Fsp3) is 0.571. The van der Waals surface area contributed by atoms with Gasteiger partial charge in [-0.05, 0) is 12.3 Å². The SMILES string of the molecule is CN1N=C(C(=O)NC[C@H]2CCn3ccnc3C2)CCC1=O. The number of hydrogen-bond acceptors (Lipinski definition) is 4. The van der Waals surface area contributed by atoms with Crippen molar-refractivity contribution < 1.29 is 9.59 Å². The number of aromatic nitrogens is 2. The number of amides is 2. The van der Waals surface area contributed by atoms with Crippen molar-refractivity contribution >= 4 is 17.5 Å². The van der Waals surface area contributed by atoms with Crippen LogP contribution < -0.4 is 5.32 Å². The second kappa shape index (κ2) is 5.67. The molecule has 0 unspecified atom stereocenters. The summed E-state index contributed by atoms with van der Waals surface area (Å²) in [5.41, 5.74) is 0.439. The van der Waals surface area contributed by atoms with Gasteiger partial charge in [-0.1, -0.05) is 0 Å². The summed E-state index contributed by atoms with van der Waals surface area (Å²) in [6.07, 6.45) is 6.51. The molecule has 0 radical (unpaired) electrons. The largest absolute Gasteiger partial charge is 0.351 e. The van der Waals surface area contributed by atoms with Crippen LogP contribution in [0, 0.1) is 5.92 Å². The van der Waals surface area contributed by atoms with E-state index in [1.165, 1.54) is 5.01 Å². The number of nitrogens with zero attached hydrogens (tertiary/aromatic N) is 4. The minimum atomic E-state index is -0.164. The lowest BCUT2D eigenvalue weighted by Gasteiger charge is -2.24. The van der Waals surface area contributed by atoms with E-state index < -0.39 is 0 Å². The summed E-state index contributed by atoms with van der Waals surface area (Å²) in [5, 5.41) is 8.21. The van der Waals surface area contributed by atoms with Crippen LogP contribution in [0.2, 0.25) is 0 Å². The number of carbonyl (C=O) groups is 2. The van der Waals surface area contributed by atoms with Crippen molar-refractivity contribution in [1.82, 2.24) is 19.9 Å². The van der Waals surface area contributed by atoms with Crippen LogP contribution in [-0.4, -0.2) is 45.7 Å². The highest BCUT2D eigenvalue weighted by Crippen LogP contribution is 2.18. The Morgan fingerprint density at radius 1 is 1.48 bits per heavy atom. The van der Waals surface area contributed by atoms with Crippen LogP contribution in [0.3, 0.4) is 0 Å². The first-order valence-electron chi connectivity index (χ1n) is 7.25. The lowest BCUT2D eigenvalue weighted by molar-refractivity contribution is -0.130. The molecule has 1 aromatic heterocycles. The van der Waals surface area contributed by atoms with Crippen LogP contribution in [0.25, 0.3) is 0 Å². The van der Waals surface area contributed by atoms with E-state index in [1.54, 1.807) is 7.05 Å². The van der Waals surface area contributed by atoms with E-state index in [0.29, 0.717) is 31.0 Å². The monoisotopic (exact) mass is 289 g/mol. The number of hydrazone groups is 1. The third-order valence-corrected chi connectivity index (χ3v) is 4.07. The number of rotatable bonds is 3. The molecule has 0 saturated heterocycles. The molecule has 2 amide bonds. The molecule has 3 heterocycles. The molecule has 0 spiro atoms. The number of fused-ring (bicyclic) bond motifs is 1. The van der Waals surface area contributed by atoms with E-state index in [4.69, 9.17) is 0 Å². The summed E-state index contributed by atoms with van der Waals surface area (Å²) >= 11 is 0. The highest BCUT2D eigenvalue weighted by atomic mass is 16.2. The predicted molar refractivity (Wildman–Crippen MR) is 76.5 cm³/mol. The van der Waals surface area contributed by atoms with Gasteiger partial charge < -0.3 is 9.88 Å². The fourth-order valence-corrected chi connectivity index (χ4v) is 2.76. The first kappa shape index (κ1) is 13.8. The summed E-state index contributed by atoms with van der Waals surface area (Å²) in [4.78, 5) is 27.7. The number of hydrogen-bond donors (Lipinski definition) is 1. The van der Waals surface area contributed by atoms with Crippen molar-refractivity contribution in [2.45, 2.75) is 32.2 Å². The Morgan fingerprint density at radius 3 is 3.14 bits per heavy atom. The molecule has 0 fully saturated rings. The predicted octanol–water partition coefficient (Wildman–Crippen LogP) is 0.170. The Kier molecular flexibility index (Phi) is 3.72. The van der Waals surface area contributed by atoms with E-state index in [-0.39, 0.29) is 11.8 Å². The molecule has 0 aliphatic carbocycles.